The van der Waals surface area contributed by atoms with Crippen LogP contribution in [0.15, 0.2) is 48.8 Å². The number of carbonyl (C=O) groups excluding carboxylic acids is 1. The number of hydrogen-bond donors (Lipinski definition) is 2. The number of nitrogens with one attached hydrogen (secondary N) is 2. The normalized spacial score (nSPS) is 12.5. The average Bonchev–Trinajstić information content (AvgIpc) is 2.47. The van der Waals surface area contributed by atoms with Gasteiger partial charge in [-0.25, -0.2) is 9.97 Å². The summed E-state index contributed by atoms with van der Waals surface area (Å²) >= 11 is 17.6. The molecule has 0 aliphatic carbocycles. The van der Waals surface area contributed by atoms with Crippen molar-refractivity contribution in [1.29, 1.82) is 0 Å². The lowest BCUT2D eigenvalue weighted by Crippen LogP contribution is -2.49. The molecule has 0 saturated heterocycles. The highest BCUT2D eigenvalue weighted by molar-refractivity contribution is 6.68. The molecule has 1 aromatic heterocycles. The minimum absolute atomic E-state index is 0.238. The van der Waals surface area contributed by atoms with Gasteiger partial charge in [-0.3, -0.25) is 4.79 Å². The van der Waals surface area contributed by atoms with Gasteiger partial charge in [0.15, 0.2) is 0 Å². The summed E-state index contributed by atoms with van der Waals surface area (Å²) in [6.07, 6.45) is 2.07. The van der Waals surface area contributed by atoms with Gasteiger partial charge in [0, 0.05) is 18.0 Å². The van der Waals surface area contributed by atoms with E-state index in [1.165, 1.54) is 12.4 Å². The Morgan fingerprint density at radius 2 is 1.67 bits per heavy atom. The third-order valence-electron chi connectivity index (χ3n) is 2.48. The Labute approximate surface area is 136 Å². The number of hydrogen-bond acceptors (Lipinski definition) is 4. The van der Waals surface area contributed by atoms with Crippen LogP contribution in [-0.4, -0.2) is 25.8 Å². The van der Waals surface area contributed by atoms with Crippen LogP contribution in [0.1, 0.15) is 10.4 Å². The number of anilines is 1. The molecule has 1 aromatic carbocycles. The van der Waals surface area contributed by atoms with Crippen LogP contribution in [0.4, 0.5) is 5.95 Å². The molecule has 2 N–H and O–H groups in total. The van der Waals surface area contributed by atoms with E-state index in [0.29, 0.717) is 5.56 Å². The first-order chi connectivity index (χ1) is 9.97. The summed E-state index contributed by atoms with van der Waals surface area (Å²) in [5, 5.41) is 5.37. The molecule has 0 spiro atoms. The zero-order chi connectivity index (χ0) is 15.3. The lowest BCUT2D eigenvalue weighted by Gasteiger charge is -2.26. The molecule has 0 fully saturated rings. The minimum atomic E-state index is -1.77. The van der Waals surface area contributed by atoms with Crippen molar-refractivity contribution in [2.45, 2.75) is 9.96 Å². The molecule has 1 heterocycles. The molecule has 0 unspecified atom stereocenters. The molecule has 0 aliphatic rings. The molecule has 5 nitrogen and oxygen atoms in total. The number of rotatable bonds is 4. The largest absolute Gasteiger partial charge is 0.330 e. The molecule has 1 amide bonds. The SMILES string of the molecule is O=C(N[C@@H](Nc1ncccn1)C(Cl)(Cl)Cl)c1ccccc1. The molecule has 8 heteroatoms. The van der Waals surface area contributed by atoms with E-state index in [0.717, 1.165) is 0 Å². The summed E-state index contributed by atoms with van der Waals surface area (Å²) in [7, 11) is 0. The number of aromatic nitrogens is 2. The summed E-state index contributed by atoms with van der Waals surface area (Å²) < 4.78 is -1.77. The van der Waals surface area contributed by atoms with E-state index in [4.69, 9.17) is 34.8 Å². The second-order valence-electron chi connectivity index (χ2n) is 4.03. The van der Waals surface area contributed by atoms with Crippen molar-refractivity contribution in [3.05, 3.63) is 54.4 Å². The first-order valence-electron chi connectivity index (χ1n) is 5.93. The Balaban J connectivity index is 2.12. The summed E-state index contributed by atoms with van der Waals surface area (Å²) in [5.74, 6) is -0.141. The fourth-order valence-corrected chi connectivity index (χ4v) is 1.83. The predicted octanol–water partition coefficient (Wildman–Crippen LogP) is 3.01. The van der Waals surface area contributed by atoms with Gasteiger partial charge in [-0.05, 0) is 18.2 Å². The highest BCUT2D eigenvalue weighted by Gasteiger charge is 2.34. The molecular weight excluding hydrogens is 335 g/mol. The number of carbonyl (C=O) groups is 1. The topological polar surface area (TPSA) is 66.9 Å². The number of amides is 1. The van der Waals surface area contributed by atoms with Gasteiger partial charge in [0.2, 0.25) is 9.74 Å². The summed E-state index contributed by atoms with van der Waals surface area (Å²) in [4.78, 5) is 20.0. The Morgan fingerprint density at radius 3 is 2.24 bits per heavy atom. The number of alkyl halides is 3. The van der Waals surface area contributed by atoms with Crippen molar-refractivity contribution < 1.29 is 4.79 Å². The van der Waals surface area contributed by atoms with Gasteiger partial charge in [-0.2, -0.15) is 0 Å². The second-order valence-corrected chi connectivity index (χ2v) is 6.40. The maximum absolute atomic E-state index is 12.1. The number of benzene rings is 1. The molecule has 0 radical (unpaired) electrons. The van der Waals surface area contributed by atoms with Gasteiger partial charge >= 0.3 is 0 Å². The molecule has 1 atom stereocenters. The van der Waals surface area contributed by atoms with Crippen LogP contribution in [0.25, 0.3) is 0 Å². The number of nitrogens with zero attached hydrogens (tertiary/aromatic N) is 2. The van der Waals surface area contributed by atoms with Crippen LogP contribution in [0.2, 0.25) is 0 Å². The zero-order valence-corrected chi connectivity index (χ0v) is 12.9. The maximum Gasteiger partial charge on any atom is 0.252 e. The van der Waals surface area contributed by atoms with E-state index in [1.54, 1.807) is 36.4 Å². The van der Waals surface area contributed by atoms with Crippen molar-refractivity contribution in [2.75, 3.05) is 5.32 Å². The van der Waals surface area contributed by atoms with E-state index in [-0.39, 0.29) is 11.9 Å². The quantitative estimate of drug-likeness (QED) is 0.660. The third kappa shape index (κ3) is 4.74. The van der Waals surface area contributed by atoms with Gasteiger partial charge in [0.25, 0.3) is 5.91 Å². The highest BCUT2D eigenvalue weighted by atomic mass is 35.6. The van der Waals surface area contributed by atoms with Gasteiger partial charge in [-0.1, -0.05) is 53.0 Å². The molecule has 0 aliphatic heterocycles. The summed E-state index contributed by atoms with van der Waals surface area (Å²) in [6, 6.07) is 10.3. The van der Waals surface area contributed by atoms with Gasteiger partial charge in [0.05, 0.1) is 0 Å². The Bertz CT molecular complexity index is 589. The van der Waals surface area contributed by atoms with Gasteiger partial charge in [-0.15, -0.1) is 0 Å². The van der Waals surface area contributed by atoms with E-state index in [9.17, 15) is 4.79 Å². The predicted molar refractivity (Wildman–Crippen MR) is 83.6 cm³/mol. The van der Waals surface area contributed by atoms with Crippen LogP contribution in [0.5, 0.6) is 0 Å². The fourth-order valence-electron chi connectivity index (χ4n) is 1.51. The van der Waals surface area contributed by atoms with Crippen LogP contribution >= 0.6 is 34.8 Å². The second kappa shape index (κ2) is 6.93. The lowest BCUT2D eigenvalue weighted by molar-refractivity contribution is 0.0941. The first kappa shape index (κ1) is 15.8. The standard InChI is InChI=1S/C13H11Cl3N4O/c14-13(15,16)11(20-12-17-7-4-8-18-12)19-10(21)9-5-2-1-3-6-9/h1-8,11H,(H,19,21)(H,17,18,20)/t11-/m0/s1. The molecule has 0 bridgehead atoms. The van der Waals surface area contributed by atoms with Crippen LogP contribution in [0.3, 0.4) is 0 Å². The highest BCUT2D eigenvalue weighted by Crippen LogP contribution is 2.30. The van der Waals surface area contributed by atoms with Crippen molar-refractivity contribution in [2.24, 2.45) is 0 Å². The summed E-state index contributed by atoms with van der Waals surface area (Å²) in [6.45, 7) is 0. The lowest BCUT2D eigenvalue weighted by atomic mass is 10.2. The molecular formula is C13H11Cl3N4O. The molecule has 2 aromatic rings. The van der Waals surface area contributed by atoms with Crippen LogP contribution in [-0.2, 0) is 0 Å². The van der Waals surface area contributed by atoms with Crippen molar-refractivity contribution in [3.63, 3.8) is 0 Å². The van der Waals surface area contributed by atoms with Crippen LogP contribution in [0, 0.1) is 0 Å². The average molecular weight is 346 g/mol. The molecule has 2 rings (SSSR count). The molecule has 110 valence electrons. The number of halogens is 3. The van der Waals surface area contributed by atoms with E-state index in [2.05, 4.69) is 20.6 Å². The van der Waals surface area contributed by atoms with Crippen molar-refractivity contribution >= 4 is 46.7 Å². The minimum Gasteiger partial charge on any atom is -0.330 e. The van der Waals surface area contributed by atoms with Gasteiger partial charge < -0.3 is 10.6 Å². The Hall–Kier alpha value is -1.56. The van der Waals surface area contributed by atoms with E-state index < -0.39 is 9.96 Å². The Morgan fingerprint density at radius 1 is 1.05 bits per heavy atom. The van der Waals surface area contributed by atoms with E-state index in [1.807, 2.05) is 0 Å². The third-order valence-corrected chi connectivity index (χ3v) is 3.13. The monoisotopic (exact) mass is 344 g/mol. The smallest absolute Gasteiger partial charge is 0.252 e. The van der Waals surface area contributed by atoms with Crippen LogP contribution < -0.4 is 10.6 Å². The summed E-state index contributed by atoms with van der Waals surface area (Å²) in [5.41, 5.74) is 0.451. The van der Waals surface area contributed by atoms with E-state index >= 15 is 0 Å². The van der Waals surface area contributed by atoms with Crippen molar-refractivity contribution in [3.8, 4) is 0 Å². The molecule has 0 saturated carbocycles. The fraction of sp³-hybridized carbons (Fsp3) is 0.154. The zero-order valence-electron chi connectivity index (χ0n) is 10.6. The molecule has 21 heavy (non-hydrogen) atoms. The first-order valence-corrected chi connectivity index (χ1v) is 7.06. The van der Waals surface area contributed by atoms with Gasteiger partial charge in [0.1, 0.15) is 6.17 Å². The van der Waals surface area contributed by atoms with Crippen molar-refractivity contribution in [1.82, 2.24) is 15.3 Å². The maximum atomic E-state index is 12.1. The Kier molecular flexibility index (Phi) is 5.22.